The lowest BCUT2D eigenvalue weighted by molar-refractivity contribution is -0.0948. The standard InChI is InChI=1S/C16H27N3O3.2ClH/c1-11-7-19(8-12(2)22-11)16(3,4)10-18-15(20)13-5-14(6-17)21-9-13;;/h5,9,11-12H,6-8,10,17H2,1-4H3,(H,18,20);2*1H. The fourth-order valence-electron chi connectivity index (χ4n) is 2.79. The van der Waals surface area contributed by atoms with Crippen molar-refractivity contribution in [1.29, 1.82) is 0 Å². The van der Waals surface area contributed by atoms with Crippen molar-refractivity contribution in [2.45, 2.75) is 52.0 Å². The molecule has 1 fully saturated rings. The maximum absolute atomic E-state index is 12.2. The lowest BCUT2D eigenvalue weighted by Gasteiger charge is -2.45. The highest BCUT2D eigenvalue weighted by molar-refractivity contribution is 5.94. The number of hydrogen-bond acceptors (Lipinski definition) is 5. The number of furan rings is 1. The summed E-state index contributed by atoms with van der Waals surface area (Å²) in [6, 6.07) is 1.68. The van der Waals surface area contributed by atoms with Crippen molar-refractivity contribution in [1.82, 2.24) is 10.2 Å². The van der Waals surface area contributed by atoms with E-state index < -0.39 is 0 Å². The first-order chi connectivity index (χ1) is 10.3. The van der Waals surface area contributed by atoms with Gasteiger partial charge in [0.25, 0.3) is 5.91 Å². The Morgan fingerprint density at radius 1 is 1.33 bits per heavy atom. The van der Waals surface area contributed by atoms with Gasteiger partial charge in [-0.2, -0.15) is 0 Å². The molecule has 1 saturated heterocycles. The summed E-state index contributed by atoms with van der Waals surface area (Å²) in [6.45, 7) is 11.0. The zero-order valence-electron chi connectivity index (χ0n) is 14.7. The van der Waals surface area contributed by atoms with Crippen LogP contribution < -0.4 is 11.1 Å². The van der Waals surface area contributed by atoms with Crippen molar-refractivity contribution in [2.24, 2.45) is 5.73 Å². The monoisotopic (exact) mass is 381 g/mol. The molecule has 1 aliphatic rings. The van der Waals surface area contributed by atoms with Gasteiger partial charge in [-0.05, 0) is 33.8 Å². The summed E-state index contributed by atoms with van der Waals surface area (Å²) < 4.78 is 11.0. The predicted molar refractivity (Wildman–Crippen MR) is 99.1 cm³/mol. The van der Waals surface area contributed by atoms with Crippen molar-refractivity contribution in [3.05, 3.63) is 23.7 Å². The molecule has 1 aromatic heterocycles. The highest BCUT2D eigenvalue weighted by Crippen LogP contribution is 2.20. The summed E-state index contributed by atoms with van der Waals surface area (Å²) in [6.07, 6.45) is 1.86. The van der Waals surface area contributed by atoms with Crippen LogP contribution in [0, 0.1) is 0 Å². The summed E-state index contributed by atoms with van der Waals surface area (Å²) in [4.78, 5) is 14.5. The fraction of sp³-hybridized carbons (Fsp3) is 0.688. The molecule has 24 heavy (non-hydrogen) atoms. The van der Waals surface area contributed by atoms with Gasteiger partial charge >= 0.3 is 0 Å². The third kappa shape index (κ3) is 5.93. The maximum Gasteiger partial charge on any atom is 0.254 e. The Bertz CT molecular complexity index is 512. The number of morpholine rings is 1. The second-order valence-corrected chi connectivity index (χ2v) is 6.66. The minimum atomic E-state index is -0.137. The number of nitrogens with zero attached hydrogens (tertiary/aromatic N) is 1. The van der Waals surface area contributed by atoms with E-state index in [1.165, 1.54) is 6.26 Å². The zero-order chi connectivity index (χ0) is 16.3. The minimum Gasteiger partial charge on any atom is -0.467 e. The number of carbonyl (C=O) groups excluding carboxylic acids is 1. The normalized spacial score (nSPS) is 21.5. The molecule has 0 aromatic carbocycles. The van der Waals surface area contributed by atoms with E-state index in [0.29, 0.717) is 24.4 Å². The van der Waals surface area contributed by atoms with Crippen LogP contribution in [-0.2, 0) is 11.3 Å². The third-order valence-corrected chi connectivity index (χ3v) is 4.07. The van der Waals surface area contributed by atoms with Gasteiger partial charge in [0, 0.05) is 25.2 Å². The Hall–Kier alpha value is -0.790. The van der Waals surface area contributed by atoms with E-state index in [4.69, 9.17) is 14.9 Å². The molecule has 0 radical (unpaired) electrons. The molecule has 1 aliphatic heterocycles. The molecule has 0 saturated carbocycles. The summed E-state index contributed by atoms with van der Waals surface area (Å²) in [5.74, 6) is 0.478. The van der Waals surface area contributed by atoms with E-state index >= 15 is 0 Å². The number of halogens is 2. The summed E-state index contributed by atoms with van der Waals surface area (Å²) in [7, 11) is 0. The highest BCUT2D eigenvalue weighted by Gasteiger charge is 2.33. The Balaban J connectivity index is 0.00000264. The van der Waals surface area contributed by atoms with Gasteiger partial charge in [-0.3, -0.25) is 9.69 Å². The van der Waals surface area contributed by atoms with Gasteiger partial charge in [0.05, 0.1) is 24.3 Å². The van der Waals surface area contributed by atoms with Crippen LogP contribution in [0.3, 0.4) is 0 Å². The summed E-state index contributed by atoms with van der Waals surface area (Å²) in [5, 5.41) is 2.98. The van der Waals surface area contributed by atoms with Crippen LogP contribution >= 0.6 is 24.8 Å². The minimum absolute atomic E-state index is 0. The molecule has 1 aromatic rings. The Labute approximate surface area is 156 Å². The van der Waals surface area contributed by atoms with Gasteiger partial charge in [-0.15, -0.1) is 24.8 Å². The van der Waals surface area contributed by atoms with Gasteiger partial charge in [-0.1, -0.05) is 0 Å². The summed E-state index contributed by atoms with van der Waals surface area (Å²) >= 11 is 0. The van der Waals surface area contributed by atoms with Gasteiger partial charge < -0.3 is 20.2 Å². The van der Waals surface area contributed by atoms with Crippen LogP contribution in [0.4, 0.5) is 0 Å². The molecule has 0 aliphatic carbocycles. The van der Waals surface area contributed by atoms with Gasteiger partial charge in [-0.25, -0.2) is 0 Å². The lowest BCUT2D eigenvalue weighted by Crippen LogP contribution is -2.58. The van der Waals surface area contributed by atoms with Gasteiger partial charge in [0.2, 0.25) is 0 Å². The Kier molecular flexibility index (Phi) is 9.31. The fourth-order valence-corrected chi connectivity index (χ4v) is 2.79. The number of carbonyl (C=O) groups is 1. The number of nitrogens with two attached hydrogens (primary N) is 1. The molecule has 0 bridgehead atoms. The van der Waals surface area contributed by atoms with Gasteiger partial charge in [0.1, 0.15) is 12.0 Å². The highest BCUT2D eigenvalue weighted by atomic mass is 35.5. The summed E-state index contributed by atoms with van der Waals surface area (Å²) in [5.41, 5.74) is 5.86. The van der Waals surface area contributed by atoms with Crippen LogP contribution in [0.2, 0.25) is 0 Å². The van der Waals surface area contributed by atoms with E-state index in [1.54, 1.807) is 6.07 Å². The van der Waals surface area contributed by atoms with Crippen LogP contribution in [-0.4, -0.2) is 48.2 Å². The average molecular weight is 382 g/mol. The van der Waals surface area contributed by atoms with E-state index in [9.17, 15) is 4.79 Å². The SMILES string of the molecule is CC1CN(C(C)(C)CNC(=O)c2coc(CN)c2)CC(C)O1.Cl.Cl. The first kappa shape index (κ1) is 23.2. The molecule has 6 nitrogen and oxygen atoms in total. The average Bonchev–Trinajstić information content (AvgIpc) is 2.93. The van der Waals surface area contributed by atoms with Crippen LogP contribution in [0.1, 0.15) is 43.8 Å². The number of rotatable bonds is 5. The molecule has 2 heterocycles. The largest absolute Gasteiger partial charge is 0.467 e. The zero-order valence-corrected chi connectivity index (χ0v) is 16.3. The first-order valence-corrected chi connectivity index (χ1v) is 7.78. The van der Waals surface area contributed by atoms with Crippen molar-refractivity contribution in [3.63, 3.8) is 0 Å². The molecule has 2 rings (SSSR count). The lowest BCUT2D eigenvalue weighted by atomic mass is 10.00. The van der Waals surface area contributed by atoms with Crippen molar-refractivity contribution in [2.75, 3.05) is 19.6 Å². The molecule has 1 amide bonds. The molecule has 0 spiro atoms. The van der Waals surface area contributed by atoms with Gasteiger partial charge in [0.15, 0.2) is 0 Å². The molecule has 8 heteroatoms. The van der Waals surface area contributed by atoms with Crippen molar-refractivity contribution >= 4 is 30.7 Å². The number of ether oxygens (including phenoxy) is 1. The molecule has 2 atom stereocenters. The molecular formula is C16H29Cl2N3O3. The van der Waals surface area contributed by atoms with Crippen LogP contribution in [0.25, 0.3) is 0 Å². The first-order valence-electron chi connectivity index (χ1n) is 7.78. The quantitative estimate of drug-likeness (QED) is 0.816. The Morgan fingerprint density at radius 2 is 1.92 bits per heavy atom. The van der Waals surface area contributed by atoms with Crippen LogP contribution in [0.5, 0.6) is 0 Å². The Morgan fingerprint density at radius 3 is 2.42 bits per heavy atom. The van der Waals surface area contributed by atoms with Crippen molar-refractivity contribution in [3.8, 4) is 0 Å². The smallest absolute Gasteiger partial charge is 0.254 e. The van der Waals surface area contributed by atoms with E-state index in [-0.39, 0.29) is 48.5 Å². The van der Waals surface area contributed by atoms with E-state index in [2.05, 4.69) is 37.9 Å². The van der Waals surface area contributed by atoms with Crippen LogP contribution in [0.15, 0.2) is 16.7 Å². The molecule has 3 N–H and O–H groups in total. The topological polar surface area (TPSA) is 80.7 Å². The predicted octanol–water partition coefficient (Wildman–Crippen LogP) is 2.20. The second-order valence-electron chi connectivity index (χ2n) is 6.66. The molecule has 140 valence electrons. The second kappa shape index (κ2) is 9.63. The number of amides is 1. The number of nitrogens with one attached hydrogen (secondary N) is 1. The van der Waals surface area contributed by atoms with Crippen molar-refractivity contribution < 1.29 is 13.9 Å². The third-order valence-electron chi connectivity index (χ3n) is 4.07. The number of hydrogen-bond donors (Lipinski definition) is 2. The maximum atomic E-state index is 12.2. The van der Waals surface area contributed by atoms with E-state index in [0.717, 1.165) is 13.1 Å². The molecular weight excluding hydrogens is 353 g/mol. The van der Waals surface area contributed by atoms with E-state index in [1.807, 2.05) is 0 Å². The molecule has 2 unspecified atom stereocenters.